The second-order valence-electron chi connectivity index (χ2n) is 7.39. The maximum Gasteiger partial charge on any atom is 0.163 e. The fraction of sp³-hybridized carbons (Fsp3) is 0.333. The lowest BCUT2D eigenvalue weighted by Crippen LogP contribution is -2.09. The van der Waals surface area contributed by atoms with E-state index >= 15 is 0 Å². The standard InChI is InChI=1S/C21H21N7OS/c1-11(29)9-17-20-26-25-14(4)28(20)21-18(12(2)13(3)30-21)19(24-17)16-7-5-15(6-8-16)10-23-27-22/h5-8,17H,9-10H2,1-4H3/t17-/m0/s1. The summed E-state index contributed by atoms with van der Waals surface area (Å²) in [5, 5.41) is 13.3. The van der Waals surface area contributed by atoms with Crippen molar-refractivity contribution < 1.29 is 4.79 Å². The largest absolute Gasteiger partial charge is 0.300 e. The van der Waals surface area contributed by atoms with Gasteiger partial charge in [-0.25, -0.2) is 0 Å². The SMILES string of the molecule is CC(=O)C[C@@H]1N=C(c2ccc(CN=[N+]=[N-])cc2)c2c(sc(C)c2C)-n2c(C)nnc21. The Labute approximate surface area is 177 Å². The second kappa shape index (κ2) is 7.85. The lowest BCUT2D eigenvalue weighted by Gasteiger charge is -2.11. The molecular weight excluding hydrogens is 398 g/mol. The Bertz CT molecular complexity index is 1210. The van der Waals surface area contributed by atoms with Crippen LogP contribution in [0.2, 0.25) is 0 Å². The van der Waals surface area contributed by atoms with E-state index in [4.69, 9.17) is 10.5 Å². The van der Waals surface area contributed by atoms with Crippen LogP contribution in [0.1, 0.15) is 58.2 Å². The number of carbonyl (C=O) groups excluding carboxylic acids is 1. The fourth-order valence-electron chi connectivity index (χ4n) is 3.68. The van der Waals surface area contributed by atoms with Gasteiger partial charge in [0.2, 0.25) is 0 Å². The maximum absolute atomic E-state index is 12.0. The molecule has 9 heteroatoms. The van der Waals surface area contributed by atoms with Crippen molar-refractivity contribution in [2.75, 3.05) is 0 Å². The summed E-state index contributed by atoms with van der Waals surface area (Å²) in [6, 6.07) is 7.46. The summed E-state index contributed by atoms with van der Waals surface area (Å²) in [4.78, 5) is 21.1. The van der Waals surface area contributed by atoms with Crippen LogP contribution in [0.3, 0.4) is 0 Å². The van der Waals surface area contributed by atoms with Crippen molar-refractivity contribution in [2.24, 2.45) is 10.1 Å². The fourth-order valence-corrected chi connectivity index (χ4v) is 4.89. The predicted octanol–water partition coefficient (Wildman–Crippen LogP) is 4.94. The minimum atomic E-state index is -0.402. The number of aryl methyl sites for hydroxylation is 2. The van der Waals surface area contributed by atoms with Crippen LogP contribution in [-0.4, -0.2) is 26.3 Å². The summed E-state index contributed by atoms with van der Waals surface area (Å²) in [5.41, 5.74) is 13.5. The molecule has 0 unspecified atom stereocenters. The zero-order chi connectivity index (χ0) is 21.4. The zero-order valence-corrected chi connectivity index (χ0v) is 18.1. The summed E-state index contributed by atoms with van der Waals surface area (Å²) in [5.74, 6) is 1.53. The highest BCUT2D eigenvalue weighted by Crippen LogP contribution is 2.39. The third kappa shape index (κ3) is 3.42. The minimum Gasteiger partial charge on any atom is -0.300 e. The van der Waals surface area contributed by atoms with Gasteiger partial charge in [-0.2, -0.15) is 0 Å². The smallest absolute Gasteiger partial charge is 0.163 e. The number of azide groups is 1. The second-order valence-corrected chi connectivity index (χ2v) is 8.59. The van der Waals surface area contributed by atoms with Crippen LogP contribution in [0.4, 0.5) is 0 Å². The molecule has 0 spiro atoms. The van der Waals surface area contributed by atoms with E-state index in [0.717, 1.165) is 38.8 Å². The first-order valence-corrected chi connectivity index (χ1v) is 10.4. The van der Waals surface area contributed by atoms with Gasteiger partial charge in [0.05, 0.1) is 12.3 Å². The first-order valence-electron chi connectivity index (χ1n) is 9.60. The van der Waals surface area contributed by atoms with Crippen molar-refractivity contribution in [2.45, 2.75) is 46.7 Å². The number of nitrogens with zero attached hydrogens (tertiary/aromatic N) is 7. The highest BCUT2D eigenvalue weighted by molar-refractivity contribution is 7.15. The highest BCUT2D eigenvalue weighted by Gasteiger charge is 2.31. The quantitative estimate of drug-likeness (QED) is 0.332. The number of hydrogen-bond acceptors (Lipinski definition) is 6. The number of Topliss-reactive ketones (excluding diaryl/α,β-unsaturated/α-hetero) is 1. The molecular formula is C21H21N7OS. The van der Waals surface area contributed by atoms with E-state index < -0.39 is 6.04 Å². The van der Waals surface area contributed by atoms with Crippen LogP contribution in [0.25, 0.3) is 15.4 Å². The van der Waals surface area contributed by atoms with Crippen LogP contribution in [-0.2, 0) is 11.3 Å². The monoisotopic (exact) mass is 419 g/mol. The Kier molecular flexibility index (Phi) is 5.24. The Morgan fingerprint density at radius 2 is 1.97 bits per heavy atom. The summed E-state index contributed by atoms with van der Waals surface area (Å²) in [6.07, 6.45) is 0.267. The van der Waals surface area contributed by atoms with Gasteiger partial charge in [-0.05, 0) is 44.4 Å². The van der Waals surface area contributed by atoms with Crippen molar-refractivity contribution in [1.29, 1.82) is 0 Å². The van der Waals surface area contributed by atoms with Gasteiger partial charge in [0.15, 0.2) is 5.82 Å². The number of thiophene rings is 1. The van der Waals surface area contributed by atoms with E-state index in [-0.39, 0.29) is 12.2 Å². The normalized spacial score (nSPS) is 14.9. The average molecular weight is 420 g/mol. The van der Waals surface area contributed by atoms with Gasteiger partial charge < -0.3 is 0 Å². The zero-order valence-electron chi connectivity index (χ0n) is 17.2. The van der Waals surface area contributed by atoms with Gasteiger partial charge in [-0.15, -0.1) is 21.5 Å². The number of rotatable bonds is 5. The summed E-state index contributed by atoms with van der Waals surface area (Å²) < 4.78 is 2.04. The summed E-state index contributed by atoms with van der Waals surface area (Å²) in [6.45, 7) is 8.00. The first-order chi connectivity index (χ1) is 14.4. The molecule has 152 valence electrons. The van der Waals surface area contributed by atoms with Gasteiger partial charge in [0, 0.05) is 27.3 Å². The Morgan fingerprint density at radius 3 is 2.63 bits per heavy atom. The Hall–Kier alpha value is -3.29. The van der Waals surface area contributed by atoms with Crippen LogP contribution in [0, 0.1) is 20.8 Å². The first kappa shape index (κ1) is 20.0. The Balaban J connectivity index is 1.93. The molecule has 0 fully saturated rings. The van der Waals surface area contributed by atoms with Gasteiger partial charge in [-0.1, -0.05) is 29.4 Å². The number of aliphatic imine (C=N–C) groups is 1. The van der Waals surface area contributed by atoms with Crippen molar-refractivity contribution in [3.8, 4) is 5.00 Å². The minimum absolute atomic E-state index is 0.0539. The molecule has 1 atom stereocenters. The van der Waals surface area contributed by atoms with Crippen LogP contribution >= 0.6 is 11.3 Å². The number of ketones is 1. The molecule has 0 saturated carbocycles. The van der Waals surface area contributed by atoms with E-state index in [9.17, 15) is 4.79 Å². The van der Waals surface area contributed by atoms with Crippen molar-refractivity contribution in [1.82, 2.24) is 14.8 Å². The third-order valence-corrected chi connectivity index (χ3v) is 6.46. The van der Waals surface area contributed by atoms with Crippen molar-refractivity contribution in [3.05, 3.63) is 73.5 Å². The molecule has 0 saturated heterocycles. The lowest BCUT2D eigenvalue weighted by molar-refractivity contribution is -0.117. The van der Waals surface area contributed by atoms with Crippen molar-refractivity contribution >= 4 is 22.8 Å². The van der Waals surface area contributed by atoms with E-state index in [1.54, 1.807) is 18.3 Å². The molecule has 1 aliphatic rings. The predicted molar refractivity (Wildman–Crippen MR) is 116 cm³/mol. The number of fused-ring (bicyclic) bond motifs is 3. The lowest BCUT2D eigenvalue weighted by atomic mass is 9.98. The molecule has 1 aromatic carbocycles. The van der Waals surface area contributed by atoms with Gasteiger partial charge in [0.25, 0.3) is 0 Å². The number of aromatic nitrogens is 3. The van der Waals surface area contributed by atoms with E-state index in [2.05, 4.69) is 34.1 Å². The molecule has 0 N–H and O–H groups in total. The molecule has 3 aromatic rings. The highest BCUT2D eigenvalue weighted by atomic mass is 32.1. The van der Waals surface area contributed by atoms with Crippen molar-refractivity contribution in [3.63, 3.8) is 0 Å². The average Bonchev–Trinajstić information content (AvgIpc) is 3.19. The van der Waals surface area contributed by atoms with E-state index in [1.165, 1.54) is 4.88 Å². The number of carbonyl (C=O) groups is 1. The molecule has 2 aromatic heterocycles. The topological polar surface area (TPSA) is 109 Å². The molecule has 0 radical (unpaired) electrons. The molecule has 8 nitrogen and oxygen atoms in total. The number of hydrogen-bond donors (Lipinski definition) is 0. The summed E-state index contributed by atoms with van der Waals surface area (Å²) >= 11 is 1.69. The molecule has 3 heterocycles. The molecule has 1 aliphatic heterocycles. The Morgan fingerprint density at radius 1 is 1.23 bits per heavy atom. The molecule has 4 rings (SSSR count). The van der Waals surface area contributed by atoms with Crippen LogP contribution < -0.4 is 0 Å². The van der Waals surface area contributed by atoms with E-state index in [0.29, 0.717) is 12.4 Å². The van der Waals surface area contributed by atoms with Crippen LogP contribution in [0.15, 0.2) is 34.4 Å². The molecule has 0 amide bonds. The number of benzene rings is 1. The molecule has 30 heavy (non-hydrogen) atoms. The van der Waals surface area contributed by atoms with Gasteiger partial charge >= 0.3 is 0 Å². The third-order valence-electron chi connectivity index (χ3n) is 5.26. The van der Waals surface area contributed by atoms with E-state index in [1.807, 2.05) is 35.8 Å². The van der Waals surface area contributed by atoms with Crippen LogP contribution in [0.5, 0.6) is 0 Å². The molecule has 0 aliphatic carbocycles. The maximum atomic E-state index is 12.0. The van der Waals surface area contributed by atoms with Gasteiger partial charge in [0.1, 0.15) is 22.7 Å². The summed E-state index contributed by atoms with van der Waals surface area (Å²) in [7, 11) is 0. The molecule has 0 bridgehead atoms. The van der Waals surface area contributed by atoms with Gasteiger partial charge in [-0.3, -0.25) is 14.4 Å².